The van der Waals surface area contributed by atoms with Gasteiger partial charge in [-0.25, -0.2) is 0 Å². The second kappa shape index (κ2) is 5.35. The second-order valence-corrected chi connectivity index (χ2v) is 1.72. The topological polar surface area (TPSA) is 0 Å². The maximum Gasteiger partial charge on any atom is 2.00 e. The van der Waals surface area contributed by atoms with Crippen molar-refractivity contribution >= 4 is 23.1 Å². The fourth-order valence-electron chi connectivity index (χ4n) is 0.377. The molecule has 0 radical (unpaired) electrons. The van der Waals surface area contributed by atoms with Gasteiger partial charge < -0.3 is 2.85 Å². The standard InChI is InChI=1S/C5H9F3.Mg.2H/c1-2-3-4-5(6,7)8;;;/h2-4H2,1H3;;;/q;+2;2*-1. The molecule has 0 saturated carbocycles. The first-order chi connectivity index (χ1) is 3.56. The minimum Gasteiger partial charge on any atom is -1.00 e. The van der Waals surface area contributed by atoms with Crippen molar-refractivity contribution in [2.24, 2.45) is 0 Å². The summed E-state index contributed by atoms with van der Waals surface area (Å²) >= 11 is 0. The Kier molecular flexibility index (Phi) is 7.28. The summed E-state index contributed by atoms with van der Waals surface area (Å²) in [5, 5.41) is 0. The molecular formula is C5H11F3Mg. The van der Waals surface area contributed by atoms with Gasteiger partial charge >= 0.3 is 29.2 Å². The summed E-state index contributed by atoms with van der Waals surface area (Å²) in [6.07, 6.45) is -3.72. The van der Waals surface area contributed by atoms with Crippen molar-refractivity contribution in [2.45, 2.75) is 32.4 Å². The van der Waals surface area contributed by atoms with Gasteiger partial charge in [0, 0.05) is 6.42 Å². The van der Waals surface area contributed by atoms with Crippen LogP contribution in [0, 0.1) is 0 Å². The molecule has 0 aromatic heterocycles. The summed E-state index contributed by atoms with van der Waals surface area (Å²) in [5.41, 5.74) is 0. The molecule has 0 nitrogen and oxygen atoms in total. The van der Waals surface area contributed by atoms with E-state index in [0.717, 1.165) is 0 Å². The molecule has 0 aromatic rings. The van der Waals surface area contributed by atoms with Crippen LogP contribution in [-0.4, -0.2) is 29.2 Å². The molecule has 0 bridgehead atoms. The molecule has 0 N–H and O–H groups in total. The molecule has 0 rings (SSSR count). The largest absolute Gasteiger partial charge is 2.00 e. The minimum absolute atomic E-state index is 0. The number of alkyl halides is 3. The Morgan fingerprint density at radius 3 is 1.89 bits per heavy atom. The summed E-state index contributed by atoms with van der Waals surface area (Å²) in [6.45, 7) is 1.74. The summed E-state index contributed by atoms with van der Waals surface area (Å²) < 4.78 is 33.7. The molecule has 0 aliphatic heterocycles. The van der Waals surface area contributed by atoms with Crippen LogP contribution in [0.1, 0.15) is 29.0 Å². The summed E-state index contributed by atoms with van der Waals surface area (Å²) in [7, 11) is 0. The zero-order valence-electron chi connectivity index (χ0n) is 7.46. The number of unbranched alkanes of at least 4 members (excludes halogenated alkanes) is 1. The van der Waals surface area contributed by atoms with Crippen LogP contribution < -0.4 is 0 Å². The third-order valence-corrected chi connectivity index (χ3v) is 0.814. The van der Waals surface area contributed by atoms with Crippen molar-refractivity contribution in [1.29, 1.82) is 0 Å². The van der Waals surface area contributed by atoms with E-state index in [4.69, 9.17) is 0 Å². The van der Waals surface area contributed by atoms with Gasteiger partial charge in [-0.15, -0.1) is 0 Å². The van der Waals surface area contributed by atoms with Crippen LogP contribution in [0.3, 0.4) is 0 Å². The Hall–Kier alpha value is 0.556. The average molecular weight is 152 g/mol. The maximum atomic E-state index is 11.2. The van der Waals surface area contributed by atoms with Crippen molar-refractivity contribution in [3.63, 3.8) is 0 Å². The Bertz CT molecular complexity index is 67.2. The fraction of sp³-hybridized carbons (Fsp3) is 1.00. The summed E-state index contributed by atoms with van der Waals surface area (Å²) in [6, 6.07) is 0. The first-order valence-corrected chi connectivity index (χ1v) is 2.63. The molecule has 0 aliphatic carbocycles. The van der Waals surface area contributed by atoms with E-state index < -0.39 is 12.6 Å². The van der Waals surface area contributed by atoms with E-state index in [9.17, 15) is 13.2 Å². The van der Waals surface area contributed by atoms with Crippen molar-refractivity contribution < 1.29 is 16.0 Å². The molecule has 0 aromatic carbocycles. The fourth-order valence-corrected chi connectivity index (χ4v) is 0.377. The van der Waals surface area contributed by atoms with Crippen LogP contribution in [0.2, 0.25) is 0 Å². The van der Waals surface area contributed by atoms with E-state index >= 15 is 0 Å². The van der Waals surface area contributed by atoms with Gasteiger partial charge in [0.1, 0.15) is 0 Å². The Labute approximate surface area is 71.9 Å². The number of halogens is 3. The van der Waals surface area contributed by atoms with Crippen molar-refractivity contribution in [3.8, 4) is 0 Å². The third kappa shape index (κ3) is 11.9. The quantitative estimate of drug-likeness (QED) is 0.534. The molecule has 0 amide bonds. The zero-order valence-corrected chi connectivity index (χ0v) is 6.88. The van der Waals surface area contributed by atoms with Crippen molar-refractivity contribution in [1.82, 2.24) is 0 Å². The van der Waals surface area contributed by atoms with E-state index in [1.165, 1.54) is 0 Å². The molecule has 0 heterocycles. The molecule has 4 heteroatoms. The van der Waals surface area contributed by atoms with Gasteiger partial charge in [-0.2, -0.15) is 13.2 Å². The number of hydrogen-bond acceptors (Lipinski definition) is 0. The molecule has 0 aliphatic rings. The van der Waals surface area contributed by atoms with Crippen LogP contribution in [-0.2, 0) is 0 Å². The third-order valence-electron chi connectivity index (χ3n) is 0.814. The van der Waals surface area contributed by atoms with E-state index in [0.29, 0.717) is 6.42 Å². The summed E-state index contributed by atoms with van der Waals surface area (Å²) in [5.74, 6) is 0. The van der Waals surface area contributed by atoms with Gasteiger partial charge in [-0.05, 0) is 6.42 Å². The van der Waals surface area contributed by atoms with E-state index in [1.807, 2.05) is 0 Å². The van der Waals surface area contributed by atoms with Gasteiger partial charge in [0.15, 0.2) is 0 Å². The van der Waals surface area contributed by atoms with E-state index in [1.54, 1.807) is 6.92 Å². The molecule has 0 saturated heterocycles. The van der Waals surface area contributed by atoms with Gasteiger partial charge in [-0.1, -0.05) is 13.3 Å². The number of rotatable bonds is 2. The minimum atomic E-state index is -3.95. The Morgan fingerprint density at radius 2 is 1.78 bits per heavy atom. The maximum absolute atomic E-state index is 11.2. The van der Waals surface area contributed by atoms with Crippen molar-refractivity contribution in [2.75, 3.05) is 0 Å². The molecule has 0 unspecified atom stereocenters. The van der Waals surface area contributed by atoms with Gasteiger partial charge in [0.05, 0.1) is 0 Å². The normalized spacial score (nSPS) is 10.7. The van der Waals surface area contributed by atoms with E-state index in [-0.39, 0.29) is 32.3 Å². The van der Waals surface area contributed by atoms with Gasteiger partial charge in [0.25, 0.3) is 0 Å². The molecule has 0 atom stereocenters. The monoisotopic (exact) mass is 152 g/mol. The second-order valence-electron chi connectivity index (χ2n) is 1.72. The predicted octanol–water partition coefficient (Wildman–Crippen LogP) is 2.58. The molecule has 54 valence electrons. The van der Waals surface area contributed by atoms with Crippen LogP contribution in [0.4, 0.5) is 13.2 Å². The Morgan fingerprint density at radius 1 is 1.33 bits per heavy atom. The molecule has 0 spiro atoms. The summed E-state index contributed by atoms with van der Waals surface area (Å²) in [4.78, 5) is 0. The van der Waals surface area contributed by atoms with Gasteiger partial charge in [-0.3, -0.25) is 0 Å². The average Bonchev–Trinajstić information content (AvgIpc) is 1.59. The smallest absolute Gasteiger partial charge is 1.00 e. The van der Waals surface area contributed by atoms with Crippen LogP contribution in [0.5, 0.6) is 0 Å². The van der Waals surface area contributed by atoms with Gasteiger partial charge in [0.2, 0.25) is 0 Å². The molecule has 9 heavy (non-hydrogen) atoms. The number of hydrogen-bond donors (Lipinski definition) is 0. The first kappa shape index (κ1) is 12.3. The zero-order chi connectivity index (χ0) is 6.62. The Balaban J connectivity index is -0.0000000817. The van der Waals surface area contributed by atoms with Crippen LogP contribution >= 0.6 is 0 Å². The van der Waals surface area contributed by atoms with Crippen molar-refractivity contribution in [3.05, 3.63) is 0 Å². The van der Waals surface area contributed by atoms with Crippen LogP contribution in [0.15, 0.2) is 0 Å². The predicted molar refractivity (Wildman–Crippen MR) is 33.6 cm³/mol. The van der Waals surface area contributed by atoms with E-state index in [2.05, 4.69) is 0 Å². The molecular weight excluding hydrogens is 141 g/mol. The molecule has 0 fully saturated rings. The van der Waals surface area contributed by atoms with Crippen LogP contribution in [0.25, 0.3) is 0 Å². The first-order valence-electron chi connectivity index (χ1n) is 2.63. The SMILES string of the molecule is CCCCC(F)(F)F.[H-].[H-].[Mg+2].